The van der Waals surface area contributed by atoms with E-state index >= 15 is 0 Å². The lowest BCUT2D eigenvalue weighted by Crippen LogP contribution is -2.20. The molecule has 0 aliphatic heterocycles. The molecular formula is C19H17F5N2O2S. The van der Waals surface area contributed by atoms with Crippen LogP contribution in [0.2, 0.25) is 0 Å². The van der Waals surface area contributed by atoms with Crippen molar-refractivity contribution in [2.75, 3.05) is 0 Å². The molecular weight excluding hydrogens is 415 g/mol. The van der Waals surface area contributed by atoms with E-state index in [1.165, 1.54) is 16.8 Å². The quantitative estimate of drug-likeness (QED) is 0.410. The van der Waals surface area contributed by atoms with Crippen molar-refractivity contribution >= 4 is 10.2 Å². The van der Waals surface area contributed by atoms with Crippen LogP contribution >= 0.6 is 10.2 Å². The van der Waals surface area contributed by atoms with E-state index in [4.69, 9.17) is 4.74 Å². The number of halogens is 5. The van der Waals surface area contributed by atoms with Crippen molar-refractivity contribution in [1.29, 1.82) is 0 Å². The minimum Gasteiger partial charge on any atom is -0.438 e. The Kier molecular flexibility index (Phi) is 4.54. The Morgan fingerprint density at radius 3 is 2.21 bits per heavy atom. The molecule has 0 radical (unpaired) electrons. The fourth-order valence-corrected chi connectivity index (χ4v) is 3.29. The van der Waals surface area contributed by atoms with Crippen LogP contribution in [-0.4, -0.2) is 9.55 Å². The zero-order valence-corrected chi connectivity index (χ0v) is 16.2. The Hall–Kier alpha value is -2.88. The van der Waals surface area contributed by atoms with Crippen LogP contribution in [0.5, 0.6) is 11.6 Å². The maximum atomic E-state index is 12.8. The second-order valence-corrected chi connectivity index (χ2v) is 9.06. The molecule has 0 N–H and O–H groups in total. The molecule has 2 aromatic heterocycles. The number of ether oxygens (including phenoxy) is 1. The summed E-state index contributed by atoms with van der Waals surface area (Å²) in [4.78, 5) is 14.0. The molecule has 4 nitrogen and oxygen atoms in total. The first-order valence-electron chi connectivity index (χ1n) is 8.44. The highest BCUT2D eigenvalue weighted by molar-refractivity contribution is 8.45. The van der Waals surface area contributed by atoms with Crippen molar-refractivity contribution in [2.24, 2.45) is 0 Å². The summed E-state index contributed by atoms with van der Waals surface area (Å²) in [6, 6.07) is 8.32. The normalized spacial score (nSPS) is 14.3. The third-order valence-electron chi connectivity index (χ3n) is 4.06. The van der Waals surface area contributed by atoms with E-state index in [9.17, 15) is 24.2 Å². The van der Waals surface area contributed by atoms with Crippen LogP contribution in [0.4, 0.5) is 19.4 Å². The number of nitrogens with zero attached hydrogens (tertiary/aromatic N) is 2. The molecule has 0 spiro atoms. The molecule has 0 saturated carbocycles. The molecule has 10 heteroatoms. The summed E-state index contributed by atoms with van der Waals surface area (Å²) < 4.78 is 71.3. The average Bonchev–Trinajstić information content (AvgIpc) is 2.61. The van der Waals surface area contributed by atoms with Crippen molar-refractivity contribution in [3.8, 4) is 22.8 Å². The summed E-state index contributed by atoms with van der Waals surface area (Å²) in [7, 11) is -9.75. The maximum Gasteiger partial charge on any atom is 0.310 e. The summed E-state index contributed by atoms with van der Waals surface area (Å²) in [5, 5.41) is 0. The van der Waals surface area contributed by atoms with Gasteiger partial charge in [-0.3, -0.25) is 4.79 Å². The first-order valence-corrected chi connectivity index (χ1v) is 10.4. The number of aromatic nitrogens is 2. The van der Waals surface area contributed by atoms with Crippen LogP contribution in [0.3, 0.4) is 0 Å². The van der Waals surface area contributed by atoms with Gasteiger partial charge in [0, 0.05) is 35.6 Å². The summed E-state index contributed by atoms with van der Waals surface area (Å²) in [6.07, 6.45) is 3.04. The molecule has 0 fully saturated rings. The van der Waals surface area contributed by atoms with Crippen LogP contribution in [0.15, 0.2) is 70.6 Å². The molecule has 0 saturated heterocycles. The summed E-state index contributed by atoms with van der Waals surface area (Å²) >= 11 is 0. The molecule has 1 aromatic carbocycles. The Morgan fingerprint density at radius 1 is 0.966 bits per heavy atom. The fourth-order valence-electron chi connectivity index (χ4n) is 2.63. The molecule has 0 bridgehead atoms. The predicted octanol–water partition coefficient (Wildman–Crippen LogP) is 6.94. The van der Waals surface area contributed by atoms with E-state index in [1.807, 2.05) is 13.8 Å². The molecule has 156 valence electrons. The number of benzene rings is 1. The molecule has 3 rings (SSSR count). The smallest absolute Gasteiger partial charge is 0.310 e. The minimum absolute atomic E-state index is 0.0570. The molecule has 0 atom stereocenters. The van der Waals surface area contributed by atoms with E-state index in [1.54, 1.807) is 24.4 Å². The van der Waals surface area contributed by atoms with E-state index in [2.05, 4.69) is 4.98 Å². The standard InChI is InChI=1S/C19H17F5N2O2S/c1-13(2)26-12-14(5-10-18(26)27)17-4-3-11-25-19(17)28-15-6-8-16(9-7-15)29(20,21,22,23)24/h3-13H,1-2H3. The van der Waals surface area contributed by atoms with E-state index in [0.29, 0.717) is 11.1 Å². The van der Waals surface area contributed by atoms with Gasteiger partial charge in [-0.1, -0.05) is 19.4 Å². The van der Waals surface area contributed by atoms with Gasteiger partial charge in [0.25, 0.3) is 5.56 Å². The lowest BCUT2D eigenvalue weighted by atomic mass is 10.1. The molecule has 29 heavy (non-hydrogen) atoms. The Balaban J connectivity index is 1.97. The van der Waals surface area contributed by atoms with Crippen molar-refractivity contribution in [2.45, 2.75) is 24.8 Å². The van der Waals surface area contributed by atoms with Crippen molar-refractivity contribution in [3.63, 3.8) is 0 Å². The first-order chi connectivity index (χ1) is 13.2. The van der Waals surface area contributed by atoms with Gasteiger partial charge in [0.05, 0.1) is 0 Å². The zero-order valence-electron chi connectivity index (χ0n) is 15.4. The van der Waals surface area contributed by atoms with E-state index in [0.717, 1.165) is 12.1 Å². The Morgan fingerprint density at radius 2 is 1.62 bits per heavy atom. The van der Waals surface area contributed by atoms with Crippen molar-refractivity contribution < 1.29 is 24.2 Å². The van der Waals surface area contributed by atoms with Crippen LogP contribution in [0.25, 0.3) is 11.1 Å². The van der Waals surface area contributed by atoms with Crippen LogP contribution < -0.4 is 10.3 Å². The van der Waals surface area contributed by atoms with Crippen LogP contribution in [-0.2, 0) is 0 Å². The fraction of sp³-hybridized carbons (Fsp3) is 0.158. The number of hydrogen-bond donors (Lipinski definition) is 0. The highest BCUT2D eigenvalue weighted by Gasteiger charge is 2.65. The molecule has 0 aliphatic rings. The van der Waals surface area contributed by atoms with Gasteiger partial charge in [-0.15, -0.1) is 0 Å². The van der Waals surface area contributed by atoms with E-state index < -0.39 is 15.1 Å². The largest absolute Gasteiger partial charge is 0.438 e. The van der Waals surface area contributed by atoms with Crippen LogP contribution in [0.1, 0.15) is 19.9 Å². The third-order valence-corrected chi connectivity index (χ3v) is 5.22. The van der Waals surface area contributed by atoms with Gasteiger partial charge in [0.1, 0.15) is 10.6 Å². The average molecular weight is 432 g/mol. The highest BCUT2D eigenvalue weighted by Crippen LogP contribution is 3.02. The predicted molar refractivity (Wildman–Crippen MR) is 102 cm³/mol. The molecule has 2 heterocycles. The molecule has 3 aromatic rings. The van der Waals surface area contributed by atoms with Crippen molar-refractivity contribution in [1.82, 2.24) is 9.55 Å². The lowest BCUT2D eigenvalue weighted by Gasteiger charge is -2.40. The Labute approximate surface area is 163 Å². The second kappa shape index (κ2) is 6.31. The highest BCUT2D eigenvalue weighted by atomic mass is 32.5. The summed E-state index contributed by atoms with van der Waals surface area (Å²) in [5.41, 5.74) is 0.894. The monoisotopic (exact) mass is 432 g/mol. The van der Waals surface area contributed by atoms with Gasteiger partial charge in [-0.25, -0.2) is 4.98 Å². The van der Waals surface area contributed by atoms with Gasteiger partial charge in [-0.05, 0) is 56.3 Å². The Bertz CT molecular complexity index is 1110. The first kappa shape index (κ1) is 20.8. The summed E-state index contributed by atoms with van der Waals surface area (Å²) in [5.74, 6) is -0.0331. The number of pyridine rings is 2. The molecule has 0 unspecified atom stereocenters. The van der Waals surface area contributed by atoms with Gasteiger partial charge < -0.3 is 9.30 Å². The number of hydrogen-bond acceptors (Lipinski definition) is 3. The van der Waals surface area contributed by atoms with Gasteiger partial charge in [0.15, 0.2) is 0 Å². The summed E-state index contributed by atoms with van der Waals surface area (Å²) in [6.45, 7) is 3.68. The van der Waals surface area contributed by atoms with Gasteiger partial charge in [0.2, 0.25) is 5.88 Å². The minimum atomic E-state index is -9.75. The molecule has 0 aliphatic carbocycles. The zero-order chi connectivity index (χ0) is 21.5. The van der Waals surface area contributed by atoms with Crippen LogP contribution in [0, 0.1) is 0 Å². The molecule has 0 amide bonds. The van der Waals surface area contributed by atoms with Gasteiger partial charge in [-0.2, -0.15) is 0 Å². The van der Waals surface area contributed by atoms with E-state index in [-0.39, 0.29) is 35.4 Å². The topological polar surface area (TPSA) is 44.1 Å². The maximum absolute atomic E-state index is 12.8. The van der Waals surface area contributed by atoms with Gasteiger partial charge >= 0.3 is 10.2 Å². The SMILES string of the molecule is CC(C)n1cc(-c2cccnc2Oc2ccc(S(F)(F)(F)(F)F)cc2)ccc1=O. The van der Waals surface area contributed by atoms with Crippen molar-refractivity contribution in [3.05, 3.63) is 71.3 Å². The second-order valence-electron chi connectivity index (χ2n) is 6.66. The number of rotatable bonds is 5. The third kappa shape index (κ3) is 4.76. The lowest BCUT2D eigenvalue weighted by molar-refractivity contribution is 0.363.